The van der Waals surface area contributed by atoms with Crippen LogP contribution < -0.4 is 19.5 Å². The number of amides is 2. The van der Waals surface area contributed by atoms with Crippen molar-refractivity contribution in [3.63, 3.8) is 0 Å². The molecule has 13 heteroatoms. The number of nitrogens with zero attached hydrogens (tertiary/aromatic N) is 4. The molecule has 262 valence electrons. The van der Waals surface area contributed by atoms with Crippen LogP contribution in [0.15, 0.2) is 36.4 Å². The lowest BCUT2D eigenvalue weighted by atomic mass is 9.86. The molecule has 2 amide bonds. The van der Waals surface area contributed by atoms with Crippen LogP contribution in [0.4, 0.5) is 16.2 Å². The summed E-state index contributed by atoms with van der Waals surface area (Å²) < 4.78 is 41.3. The van der Waals surface area contributed by atoms with Gasteiger partial charge >= 0.3 is 6.09 Å². The molecule has 5 rings (SSSR count). The zero-order chi connectivity index (χ0) is 34.8. The van der Waals surface area contributed by atoms with E-state index in [0.717, 1.165) is 54.5 Å². The predicted octanol–water partition coefficient (Wildman–Crippen LogP) is 4.99. The van der Waals surface area contributed by atoms with Gasteiger partial charge in [0.05, 0.1) is 35.8 Å². The Bertz CT molecular complexity index is 1760. The van der Waals surface area contributed by atoms with Crippen LogP contribution >= 0.6 is 0 Å². The lowest BCUT2D eigenvalue weighted by Gasteiger charge is -2.37. The molecule has 12 nitrogen and oxygen atoms in total. The monoisotopic (exact) mass is 682 g/mol. The van der Waals surface area contributed by atoms with Crippen LogP contribution in [0.5, 0.6) is 11.6 Å². The molecule has 2 fully saturated rings. The van der Waals surface area contributed by atoms with Gasteiger partial charge in [0.2, 0.25) is 21.8 Å². The Kier molecular flexibility index (Phi) is 10.6. The van der Waals surface area contributed by atoms with Crippen molar-refractivity contribution in [1.29, 1.82) is 0 Å². The first-order chi connectivity index (χ1) is 22.7. The molecule has 2 aromatic carbocycles. The number of anilines is 2. The number of nitrogens with one attached hydrogen (secondary N) is 2. The summed E-state index contributed by atoms with van der Waals surface area (Å²) in [6.07, 6.45) is 1.73. The van der Waals surface area contributed by atoms with Crippen LogP contribution in [-0.4, -0.2) is 98.4 Å². The topological polar surface area (TPSA) is 125 Å². The second-order valence-corrected chi connectivity index (χ2v) is 15.8. The summed E-state index contributed by atoms with van der Waals surface area (Å²) in [5, 5.41) is 3.73. The molecular formula is C35H50N6O6S. The fraction of sp³-hybridized carbons (Fsp3) is 0.543. The third kappa shape index (κ3) is 7.90. The van der Waals surface area contributed by atoms with E-state index >= 15 is 0 Å². The molecule has 0 unspecified atom stereocenters. The number of benzene rings is 2. The Morgan fingerprint density at radius 1 is 1.00 bits per heavy atom. The molecule has 1 atom stereocenters. The molecule has 2 N–H and O–H groups in total. The van der Waals surface area contributed by atoms with Gasteiger partial charge in [0, 0.05) is 51.2 Å². The third-order valence-electron chi connectivity index (χ3n) is 9.31. The van der Waals surface area contributed by atoms with Crippen LogP contribution in [-0.2, 0) is 33.8 Å². The standard InChI is InChI=1S/C35H50N6O6S/c1-8-19-48(44,45)37-28-22-26(35(2,3)4)21-27(32(28)46-7)36-34(43)47-30-20-24-11-9-12-25(31(24)39(30)6)23-40-15-17-41(18-16-40)33(42)29-13-10-14-38(29)5/h9,11-12,20-22,29,37H,8,10,13-19,23H2,1-7H3,(H,36,43)/t29-/m0/s1. The molecule has 0 saturated carbocycles. The zero-order valence-corrected chi connectivity index (χ0v) is 30.1. The number of aryl methyl sites for hydroxylation is 1. The first-order valence-electron chi connectivity index (χ1n) is 16.7. The average molecular weight is 683 g/mol. The molecule has 0 spiro atoms. The molecule has 1 aromatic heterocycles. The number of methoxy groups -OCH3 is 1. The highest BCUT2D eigenvalue weighted by Gasteiger charge is 2.33. The summed E-state index contributed by atoms with van der Waals surface area (Å²) in [5.41, 5.74) is 3.06. The van der Waals surface area contributed by atoms with Crippen molar-refractivity contribution in [2.75, 3.05) is 62.7 Å². The molecule has 2 aliphatic heterocycles. The highest BCUT2D eigenvalue weighted by molar-refractivity contribution is 7.92. The van der Waals surface area contributed by atoms with Gasteiger partial charge in [-0.3, -0.25) is 24.6 Å². The summed E-state index contributed by atoms with van der Waals surface area (Å²) in [7, 11) is 1.71. The fourth-order valence-electron chi connectivity index (χ4n) is 6.67. The second kappa shape index (κ2) is 14.4. The number of piperazine rings is 1. The van der Waals surface area contributed by atoms with Crippen LogP contribution in [0, 0.1) is 0 Å². The van der Waals surface area contributed by atoms with Gasteiger partial charge in [-0.05, 0) is 61.5 Å². The van der Waals surface area contributed by atoms with E-state index in [1.807, 2.05) is 62.5 Å². The van der Waals surface area contributed by atoms with E-state index in [-0.39, 0.29) is 34.6 Å². The van der Waals surface area contributed by atoms with Crippen LogP contribution in [0.2, 0.25) is 0 Å². The van der Waals surface area contributed by atoms with E-state index in [9.17, 15) is 18.0 Å². The van der Waals surface area contributed by atoms with E-state index in [0.29, 0.717) is 37.6 Å². The van der Waals surface area contributed by atoms with E-state index in [1.165, 1.54) is 7.11 Å². The molecule has 3 aromatic rings. The molecule has 0 aliphatic carbocycles. The second-order valence-electron chi connectivity index (χ2n) is 13.9. The Balaban J connectivity index is 1.31. The summed E-state index contributed by atoms with van der Waals surface area (Å²) >= 11 is 0. The maximum atomic E-state index is 13.4. The van der Waals surface area contributed by atoms with E-state index in [4.69, 9.17) is 9.47 Å². The van der Waals surface area contributed by atoms with Crippen molar-refractivity contribution in [2.45, 2.75) is 65.0 Å². The maximum Gasteiger partial charge on any atom is 0.418 e. The Labute approximate surface area is 284 Å². The summed E-state index contributed by atoms with van der Waals surface area (Å²) in [4.78, 5) is 33.0. The van der Waals surface area contributed by atoms with E-state index in [2.05, 4.69) is 25.9 Å². The van der Waals surface area contributed by atoms with Crippen molar-refractivity contribution in [3.05, 3.63) is 47.5 Å². The van der Waals surface area contributed by atoms with Gasteiger partial charge in [0.15, 0.2) is 5.75 Å². The first kappa shape index (κ1) is 35.5. The number of rotatable bonds is 10. The Morgan fingerprint density at radius 2 is 1.71 bits per heavy atom. The number of carbonyl (C=O) groups is 2. The van der Waals surface area contributed by atoms with Gasteiger partial charge in [0.25, 0.3) is 0 Å². The highest BCUT2D eigenvalue weighted by atomic mass is 32.2. The van der Waals surface area contributed by atoms with Crippen molar-refractivity contribution in [2.24, 2.45) is 7.05 Å². The van der Waals surface area contributed by atoms with Gasteiger partial charge < -0.3 is 18.9 Å². The summed E-state index contributed by atoms with van der Waals surface area (Å²) in [6, 6.07) is 11.4. The minimum absolute atomic E-state index is 0.00784. The van der Waals surface area contributed by atoms with Crippen molar-refractivity contribution < 1.29 is 27.5 Å². The molecule has 2 aliphatic rings. The van der Waals surface area contributed by atoms with Gasteiger partial charge in [0.1, 0.15) is 0 Å². The third-order valence-corrected chi connectivity index (χ3v) is 10.8. The molecule has 0 bridgehead atoms. The fourth-order valence-corrected chi connectivity index (χ4v) is 7.80. The highest BCUT2D eigenvalue weighted by Crippen LogP contribution is 2.39. The number of likely N-dealkylation sites (N-methyl/N-ethyl adjacent to an activating group) is 1. The molecule has 2 saturated heterocycles. The van der Waals surface area contributed by atoms with Crippen molar-refractivity contribution in [1.82, 2.24) is 19.3 Å². The van der Waals surface area contributed by atoms with E-state index in [1.54, 1.807) is 19.1 Å². The number of hydrogen-bond donors (Lipinski definition) is 2. The summed E-state index contributed by atoms with van der Waals surface area (Å²) in [5.74, 6) is 0.755. The minimum Gasteiger partial charge on any atom is -0.492 e. The average Bonchev–Trinajstić information content (AvgIpc) is 3.59. The minimum atomic E-state index is -3.62. The summed E-state index contributed by atoms with van der Waals surface area (Å²) in [6.45, 7) is 12.5. The molecule has 3 heterocycles. The maximum absolute atomic E-state index is 13.4. The number of sulfonamides is 1. The van der Waals surface area contributed by atoms with Crippen molar-refractivity contribution >= 4 is 44.3 Å². The normalized spacial score (nSPS) is 17.9. The number of aromatic nitrogens is 1. The van der Waals surface area contributed by atoms with Crippen LogP contribution in [0.3, 0.4) is 0 Å². The van der Waals surface area contributed by atoms with E-state index < -0.39 is 16.1 Å². The lowest BCUT2D eigenvalue weighted by Crippen LogP contribution is -2.52. The zero-order valence-electron chi connectivity index (χ0n) is 29.3. The van der Waals surface area contributed by atoms with Gasteiger partial charge in [-0.2, -0.15) is 0 Å². The lowest BCUT2D eigenvalue weighted by molar-refractivity contribution is -0.137. The first-order valence-corrected chi connectivity index (χ1v) is 18.4. The number of carbonyl (C=O) groups excluding carboxylic acids is 2. The smallest absolute Gasteiger partial charge is 0.418 e. The molecule has 0 radical (unpaired) electrons. The van der Waals surface area contributed by atoms with Gasteiger partial charge in [-0.1, -0.05) is 45.9 Å². The van der Waals surface area contributed by atoms with Gasteiger partial charge in [-0.15, -0.1) is 0 Å². The predicted molar refractivity (Wildman–Crippen MR) is 189 cm³/mol. The number of hydrogen-bond acceptors (Lipinski definition) is 8. The number of fused-ring (bicyclic) bond motifs is 1. The van der Waals surface area contributed by atoms with Crippen molar-refractivity contribution in [3.8, 4) is 11.6 Å². The number of para-hydroxylation sites is 1. The molecule has 48 heavy (non-hydrogen) atoms. The van der Waals surface area contributed by atoms with Crippen LogP contribution in [0.1, 0.15) is 58.1 Å². The van der Waals surface area contributed by atoms with Crippen LogP contribution in [0.25, 0.3) is 10.9 Å². The number of ether oxygens (including phenoxy) is 2. The van der Waals surface area contributed by atoms with Gasteiger partial charge in [-0.25, -0.2) is 13.2 Å². The quantitative estimate of drug-likeness (QED) is 0.307. The largest absolute Gasteiger partial charge is 0.492 e. The Hall–Kier alpha value is -3.81. The molecular weight excluding hydrogens is 632 g/mol. The SMILES string of the molecule is CCCS(=O)(=O)Nc1cc(C(C)(C)C)cc(NC(=O)Oc2cc3cccc(CN4CCN(C(=O)[C@@H]5CCCN5C)CC4)c3n2C)c1OC. The Morgan fingerprint density at radius 3 is 2.33 bits per heavy atom. The number of likely N-dealkylation sites (tertiary alicyclic amines) is 1.